The first-order chi connectivity index (χ1) is 14.5. The van der Waals surface area contributed by atoms with E-state index in [1.165, 1.54) is 24.3 Å². The number of nitrogens with zero attached hydrogens (tertiary/aromatic N) is 1. The van der Waals surface area contributed by atoms with Gasteiger partial charge in [0.25, 0.3) is 0 Å². The minimum atomic E-state index is -4.56. The molecule has 0 saturated carbocycles. The summed E-state index contributed by atoms with van der Waals surface area (Å²) >= 11 is 0. The van der Waals surface area contributed by atoms with Crippen LogP contribution < -0.4 is 16.0 Å². The summed E-state index contributed by atoms with van der Waals surface area (Å²) in [5.74, 6) is -1.29. The maximum atomic E-state index is 14.5. The summed E-state index contributed by atoms with van der Waals surface area (Å²) in [7, 11) is 0. The number of pyridine rings is 1. The van der Waals surface area contributed by atoms with Crippen LogP contribution in [0, 0.1) is 11.7 Å². The highest BCUT2D eigenvalue weighted by molar-refractivity contribution is 5.78. The maximum absolute atomic E-state index is 14.5. The van der Waals surface area contributed by atoms with Crippen molar-refractivity contribution in [3.8, 4) is 0 Å². The average Bonchev–Trinajstić information content (AvgIpc) is 2.71. The summed E-state index contributed by atoms with van der Waals surface area (Å²) in [4.78, 5) is 27.4. The third kappa shape index (κ3) is 5.57. The number of carbonyl (C=O) groups excluding carboxylic acids is 2. The van der Waals surface area contributed by atoms with Crippen molar-refractivity contribution < 1.29 is 27.2 Å². The summed E-state index contributed by atoms with van der Waals surface area (Å²) in [6, 6.07) is 5.75. The van der Waals surface area contributed by atoms with E-state index in [-0.39, 0.29) is 36.3 Å². The van der Waals surface area contributed by atoms with Gasteiger partial charge in [-0.2, -0.15) is 13.2 Å². The Balaban J connectivity index is 1.79. The van der Waals surface area contributed by atoms with Crippen molar-refractivity contribution >= 4 is 11.8 Å². The van der Waals surface area contributed by atoms with Gasteiger partial charge in [0.2, 0.25) is 11.8 Å². The molecule has 2 unspecified atom stereocenters. The summed E-state index contributed by atoms with van der Waals surface area (Å²) in [5.41, 5.74) is 0.151. The Kier molecular flexibility index (Phi) is 6.59. The van der Waals surface area contributed by atoms with E-state index in [0.29, 0.717) is 11.1 Å². The van der Waals surface area contributed by atoms with Crippen LogP contribution in [0.25, 0.3) is 0 Å². The van der Waals surface area contributed by atoms with Crippen molar-refractivity contribution in [2.75, 3.05) is 0 Å². The summed E-state index contributed by atoms with van der Waals surface area (Å²) < 4.78 is 52.7. The molecule has 1 saturated heterocycles. The quantitative estimate of drug-likeness (QED) is 0.626. The van der Waals surface area contributed by atoms with E-state index >= 15 is 0 Å². The molecule has 0 aliphatic carbocycles. The van der Waals surface area contributed by atoms with E-state index in [1.54, 1.807) is 13.8 Å². The molecule has 1 aliphatic heterocycles. The second kappa shape index (κ2) is 9.01. The van der Waals surface area contributed by atoms with Crippen molar-refractivity contribution in [2.24, 2.45) is 5.92 Å². The monoisotopic (exact) mass is 438 g/mol. The van der Waals surface area contributed by atoms with Crippen molar-refractivity contribution in [1.29, 1.82) is 0 Å². The molecule has 2 heterocycles. The lowest BCUT2D eigenvalue weighted by Crippen LogP contribution is -2.47. The summed E-state index contributed by atoms with van der Waals surface area (Å²) in [5, 5.41) is 8.43. The molecule has 10 heteroatoms. The molecule has 3 N–H and O–H groups in total. The van der Waals surface area contributed by atoms with E-state index < -0.39 is 29.9 Å². The fraction of sp³-hybridized carbons (Fsp3) is 0.381. The summed E-state index contributed by atoms with van der Waals surface area (Å²) in [6.07, 6.45) is -4.43. The van der Waals surface area contributed by atoms with Gasteiger partial charge < -0.3 is 10.6 Å². The maximum Gasteiger partial charge on any atom is 0.433 e. The Morgan fingerprint density at radius 3 is 2.61 bits per heavy atom. The lowest BCUT2D eigenvalue weighted by atomic mass is 9.99. The molecule has 166 valence electrons. The van der Waals surface area contributed by atoms with E-state index in [4.69, 9.17) is 0 Å². The van der Waals surface area contributed by atoms with Gasteiger partial charge in [-0.05, 0) is 29.3 Å². The largest absolute Gasteiger partial charge is 0.433 e. The number of amides is 2. The Hall–Kier alpha value is -3.01. The van der Waals surface area contributed by atoms with Crippen LogP contribution in [0.5, 0.6) is 0 Å². The minimum absolute atomic E-state index is 0.0324. The molecule has 1 aromatic heterocycles. The van der Waals surface area contributed by atoms with Crippen LogP contribution in [-0.2, 0) is 22.3 Å². The smallest absolute Gasteiger partial charge is 0.352 e. The molecule has 6 nitrogen and oxygen atoms in total. The number of rotatable bonds is 5. The van der Waals surface area contributed by atoms with E-state index in [1.807, 2.05) is 0 Å². The van der Waals surface area contributed by atoms with Gasteiger partial charge in [-0.1, -0.05) is 26.0 Å². The predicted octanol–water partition coefficient (Wildman–Crippen LogP) is 3.36. The molecule has 2 aromatic rings. The Morgan fingerprint density at radius 1 is 1.26 bits per heavy atom. The molecular weight excluding hydrogens is 416 g/mol. The van der Waals surface area contributed by atoms with Gasteiger partial charge in [-0.25, -0.2) is 4.39 Å². The third-order valence-corrected chi connectivity index (χ3v) is 4.90. The van der Waals surface area contributed by atoms with Crippen LogP contribution in [0.2, 0.25) is 0 Å². The number of carbonyl (C=O) groups is 2. The van der Waals surface area contributed by atoms with E-state index in [2.05, 4.69) is 20.9 Å². The zero-order valence-electron chi connectivity index (χ0n) is 16.9. The molecular formula is C21H22F4N4O2. The molecule has 31 heavy (non-hydrogen) atoms. The molecule has 2 amide bonds. The van der Waals surface area contributed by atoms with Crippen molar-refractivity contribution in [3.05, 3.63) is 64.7 Å². The third-order valence-electron chi connectivity index (χ3n) is 4.90. The standard InChI is InChI=1S/C21H22F4N4O2/c1-11(2)20(31)27-9-12-3-5-15(22)14(7-12)19-28-16(8-18(30)29-19)13-4-6-17(26-10-13)21(23,24)25/h3-7,10-11,16,19,28H,8-9H2,1-2H3,(H,27,31)(H,29,30). The molecule has 0 radical (unpaired) electrons. The first-order valence-corrected chi connectivity index (χ1v) is 9.69. The number of halogens is 4. The zero-order valence-corrected chi connectivity index (χ0v) is 16.9. The van der Waals surface area contributed by atoms with E-state index in [9.17, 15) is 27.2 Å². The van der Waals surface area contributed by atoms with Gasteiger partial charge in [-0.15, -0.1) is 0 Å². The highest BCUT2D eigenvalue weighted by Crippen LogP contribution is 2.30. The van der Waals surface area contributed by atoms with Crippen LogP contribution in [0.1, 0.15) is 54.9 Å². The number of hydrogen-bond acceptors (Lipinski definition) is 4. The van der Waals surface area contributed by atoms with Gasteiger partial charge in [-0.3, -0.25) is 19.9 Å². The fourth-order valence-electron chi connectivity index (χ4n) is 3.19. The topological polar surface area (TPSA) is 83.1 Å². The predicted molar refractivity (Wildman–Crippen MR) is 104 cm³/mol. The zero-order chi connectivity index (χ0) is 22.8. The minimum Gasteiger partial charge on any atom is -0.352 e. The molecule has 2 atom stereocenters. The van der Waals surface area contributed by atoms with Crippen LogP contribution in [0.15, 0.2) is 36.5 Å². The first kappa shape index (κ1) is 22.7. The lowest BCUT2D eigenvalue weighted by molar-refractivity contribution is -0.141. The normalized spacial score (nSPS) is 19.3. The number of benzene rings is 1. The van der Waals surface area contributed by atoms with Gasteiger partial charge in [0.1, 0.15) is 17.7 Å². The van der Waals surface area contributed by atoms with Crippen LogP contribution in [0.3, 0.4) is 0 Å². The average molecular weight is 438 g/mol. The second-order valence-corrected chi connectivity index (χ2v) is 7.63. The highest BCUT2D eigenvalue weighted by atomic mass is 19.4. The molecule has 3 rings (SSSR count). The number of alkyl halides is 3. The number of aromatic nitrogens is 1. The van der Waals surface area contributed by atoms with E-state index in [0.717, 1.165) is 12.3 Å². The lowest BCUT2D eigenvalue weighted by Gasteiger charge is -2.32. The van der Waals surface area contributed by atoms with Gasteiger partial charge >= 0.3 is 6.18 Å². The number of nitrogens with one attached hydrogen (secondary N) is 3. The fourth-order valence-corrected chi connectivity index (χ4v) is 3.19. The SMILES string of the molecule is CC(C)C(=O)NCc1ccc(F)c(C2NC(=O)CC(c3ccc(C(F)(F)F)nc3)N2)c1. The Morgan fingerprint density at radius 2 is 2.00 bits per heavy atom. The molecule has 0 spiro atoms. The Labute approximate surface area is 176 Å². The molecule has 1 fully saturated rings. The first-order valence-electron chi connectivity index (χ1n) is 9.69. The van der Waals surface area contributed by atoms with Crippen LogP contribution in [-0.4, -0.2) is 16.8 Å². The summed E-state index contributed by atoms with van der Waals surface area (Å²) in [6.45, 7) is 3.70. The van der Waals surface area contributed by atoms with Crippen molar-refractivity contribution in [2.45, 2.75) is 45.2 Å². The van der Waals surface area contributed by atoms with Crippen LogP contribution >= 0.6 is 0 Å². The Bertz CT molecular complexity index is 961. The second-order valence-electron chi connectivity index (χ2n) is 7.63. The van der Waals surface area contributed by atoms with Gasteiger partial charge in [0.15, 0.2) is 0 Å². The highest BCUT2D eigenvalue weighted by Gasteiger charge is 2.34. The van der Waals surface area contributed by atoms with Crippen LogP contribution in [0.4, 0.5) is 17.6 Å². The van der Waals surface area contributed by atoms with Gasteiger partial charge in [0, 0.05) is 36.7 Å². The molecule has 0 bridgehead atoms. The molecule has 1 aromatic carbocycles. The van der Waals surface area contributed by atoms with Crippen molar-refractivity contribution in [3.63, 3.8) is 0 Å². The molecule has 1 aliphatic rings. The van der Waals surface area contributed by atoms with Crippen molar-refractivity contribution in [1.82, 2.24) is 20.9 Å². The number of hydrogen-bond donors (Lipinski definition) is 3. The van der Waals surface area contributed by atoms with Gasteiger partial charge in [0.05, 0.1) is 0 Å².